The summed E-state index contributed by atoms with van der Waals surface area (Å²) in [6.07, 6.45) is 0. The number of rotatable bonds is 8. The largest absolute Gasteiger partial charge is 0.464 e. The van der Waals surface area contributed by atoms with Gasteiger partial charge in [-0.3, -0.25) is 4.79 Å². The number of carbonyl (C=O) groups excluding carboxylic acids is 1. The number of nitrogens with two attached hydrogens (primary N) is 1. The van der Waals surface area contributed by atoms with E-state index in [9.17, 15) is 13.6 Å². The van der Waals surface area contributed by atoms with Crippen molar-refractivity contribution in [2.24, 2.45) is 5.73 Å². The van der Waals surface area contributed by atoms with Crippen molar-refractivity contribution in [3.63, 3.8) is 0 Å². The van der Waals surface area contributed by atoms with Gasteiger partial charge in [0.25, 0.3) is 5.76 Å². The normalized spacial score (nSPS) is 11.0. The summed E-state index contributed by atoms with van der Waals surface area (Å²) >= 11 is 0.537. The van der Waals surface area contributed by atoms with Crippen LogP contribution in [0.1, 0.15) is 27.4 Å². The van der Waals surface area contributed by atoms with Gasteiger partial charge in [-0.1, -0.05) is 23.9 Å². The van der Waals surface area contributed by atoms with Gasteiger partial charge in [-0.25, -0.2) is 0 Å². The number of amides is 1. The van der Waals surface area contributed by atoms with Crippen molar-refractivity contribution in [3.05, 3.63) is 59.0 Å². The maximum atomic E-state index is 12.1. The summed E-state index contributed by atoms with van der Waals surface area (Å²) in [5.41, 5.74) is 6.64. The van der Waals surface area contributed by atoms with Gasteiger partial charge in [0.05, 0.1) is 12.3 Å². The SMILES string of the molecule is NC(=O)c1ccc(CNCc2ccc(CSC(F)F)o2)cc1. The maximum absolute atomic E-state index is 12.1. The van der Waals surface area contributed by atoms with Crippen LogP contribution in [0, 0.1) is 0 Å². The third-order valence-corrected chi connectivity index (χ3v) is 3.64. The number of thioether (sulfide) groups is 1. The van der Waals surface area contributed by atoms with Crippen LogP contribution in [-0.2, 0) is 18.8 Å². The first-order valence-corrected chi connectivity index (χ1v) is 7.66. The van der Waals surface area contributed by atoms with Gasteiger partial charge in [0, 0.05) is 12.1 Å². The second kappa shape index (κ2) is 7.95. The lowest BCUT2D eigenvalue weighted by Crippen LogP contribution is -2.13. The molecule has 118 valence electrons. The standard InChI is InChI=1S/C15H16F2N2O2S/c16-15(17)22-9-13-6-5-12(21-13)8-19-7-10-1-3-11(4-2-10)14(18)20/h1-6,15,19H,7-9H2,(H2,18,20). The molecule has 0 fully saturated rings. The Morgan fingerprint density at radius 1 is 1.14 bits per heavy atom. The second-order valence-corrected chi connectivity index (χ2v) is 5.58. The Bertz CT molecular complexity index is 614. The van der Waals surface area contributed by atoms with Crippen LogP contribution in [0.5, 0.6) is 0 Å². The number of hydrogen-bond donors (Lipinski definition) is 2. The van der Waals surface area contributed by atoms with Gasteiger partial charge in [0.15, 0.2) is 0 Å². The molecule has 0 aliphatic carbocycles. The molecule has 1 aromatic carbocycles. The molecular formula is C15H16F2N2O2S. The fraction of sp³-hybridized carbons (Fsp3) is 0.267. The van der Waals surface area contributed by atoms with E-state index in [4.69, 9.17) is 10.2 Å². The molecule has 1 heterocycles. The van der Waals surface area contributed by atoms with E-state index in [2.05, 4.69) is 5.32 Å². The average molecular weight is 326 g/mol. The molecule has 0 saturated heterocycles. The molecule has 2 rings (SSSR count). The Balaban J connectivity index is 1.77. The number of halogens is 2. The highest BCUT2D eigenvalue weighted by Gasteiger charge is 2.07. The van der Waals surface area contributed by atoms with Crippen molar-refractivity contribution in [1.82, 2.24) is 5.32 Å². The highest BCUT2D eigenvalue weighted by atomic mass is 32.2. The van der Waals surface area contributed by atoms with Crippen LogP contribution in [0.3, 0.4) is 0 Å². The van der Waals surface area contributed by atoms with Crippen molar-refractivity contribution >= 4 is 17.7 Å². The minimum Gasteiger partial charge on any atom is -0.464 e. The number of carbonyl (C=O) groups is 1. The van der Waals surface area contributed by atoms with Crippen molar-refractivity contribution in [3.8, 4) is 0 Å². The third kappa shape index (κ3) is 5.16. The van der Waals surface area contributed by atoms with Crippen LogP contribution in [0.25, 0.3) is 0 Å². The molecule has 1 aromatic heterocycles. The molecule has 4 nitrogen and oxygen atoms in total. The van der Waals surface area contributed by atoms with E-state index >= 15 is 0 Å². The first-order chi connectivity index (χ1) is 10.5. The van der Waals surface area contributed by atoms with E-state index in [1.807, 2.05) is 12.1 Å². The molecule has 0 unspecified atom stereocenters. The van der Waals surface area contributed by atoms with Crippen molar-refractivity contribution in [2.75, 3.05) is 0 Å². The molecule has 0 saturated carbocycles. The predicted molar refractivity (Wildman–Crippen MR) is 81.5 cm³/mol. The van der Waals surface area contributed by atoms with Gasteiger partial charge in [0.1, 0.15) is 11.5 Å². The summed E-state index contributed by atoms with van der Waals surface area (Å²) in [7, 11) is 0. The molecule has 0 bridgehead atoms. The Kier molecular flexibility index (Phi) is 5.97. The van der Waals surface area contributed by atoms with Crippen molar-refractivity contribution in [1.29, 1.82) is 0 Å². The quantitative estimate of drug-likeness (QED) is 0.782. The number of hydrogen-bond acceptors (Lipinski definition) is 4. The highest BCUT2D eigenvalue weighted by Crippen LogP contribution is 2.21. The summed E-state index contributed by atoms with van der Waals surface area (Å²) in [4.78, 5) is 11.0. The van der Waals surface area contributed by atoms with Gasteiger partial charge in [-0.05, 0) is 29.8 Å². The lowest BCUT2D eigenvalue weighted by molar-refractivity contribution is 0.100. The topological polar surface area (TPSA) is 68.3 Å². The zero-order valence-corrected chi connectivity index (χ0v) is 12.5. The molecule has 7 heteroatoms. The van der Waals surface area contributed by atoms with Crippen LogP contribution in [-0.4, -0.2) is 11.7 Å². The van der Waals surface area contributed by atoms with E-state index in [0.717, 1.165) is 5.56 Å². The van der Waals surface area contributed by atoms with Crippen LogP contribution in [0.4, 0.5) is 8.78 Å². The van der Waals surface area contributed by atoms with Crippen LogP contribution in [0.15, 0.2) is 40.8 Å². The highest BCUT2D eigenvalue weighted by molar-refractivity contribution is 7.98. The predicted octanol–water partition coefficient (Wildman–Crippen LogP) is 3.12. The first-order valence-electron chi connectivity index (χ1n) is 6.61. The van der Waals surface area contributed by atoms with Crippen LogP contribution in [0.2, 0.25) is 0 Å². The van der Waals surface area contributed by atoms with Crippen molar-refractivity contribution < 1.29 is 18.0 Å². The summed E-state index contributed by atoms with van der Waals surface area (Å²) in [5.74, 6) is -1.46. The lowest BCUT2D eigenvalue weighted by Gasteiger charge is -2.04. The molecule has 0 aliphatic rings. The van der Waals surface area contributed by atoms with Crippen LogP contribution >= 0.6 is 11.8 Å². The van der Waals surface area contributed by atoms with Gasteiger partial charge < -0.3 is 15.5 Å². The van der Waals surface area contributed by atoms with E-state index in [1.54, 1.807) is 24.3 Å². The number of nitrogens with one attached hydrogen (secondary N) is 1. The molecule has 3 N–H and O–H groups in total. The zero-order chi connectivity index (χ0) is 15.9. The number of primary amides is 1. The number of furan rings is 1. The monoisotopic (exact) mass is 326 g/mol. The molecule has 0 atom stereocenters. The van der Waals surface area contributed by atoms with Crippen LogP contribution < -0.4 is 11.1 Å². The van der Waals surface area contributed by atoms with E-state index < -0.39 is 11.7 Å². The average Bonchev–Trinajstić information content (AvgIpc) is 2.93. The molecular weight excluding hydrogens is 310 g/mol. The second-order valence-electron chi connectivity index (χ2n) is 4.60. The first kappa shape index (κ1) is 16.5. The molecule has 0 spiro atoms. The van der Waals surface area contributed by atoms with E-state index in [0.29, 0.717) is 41.9 Å². The molecule has 0 aliphatic heterocycles. The molecule has 1 amide bonds. The summed E-state index contributed by atoms with van der Waals surface area (Å²) in [5, 5.41) is 3.18. The van der Waals surface area contributed by atoms with E-state index in [1.165, 1.54) is 0 Å². The molecule has 0 radical (unpaired) electrons. The summed E-state index contributed by atoms with van der Waals surface area (Å²) in [6, 6.07) is 10.5. The van der Waals surface area contributed by atoms with Crippen molar-refractivity contribution in [2.45, 2.75) is 24.6 Å². The fourth-order valence-corrected chi connectivity index (χ4v) is 2.30. The Morgan fingerprint density at radius 2 is 1.82 bits per heavy atom. The summed E-state index contributed by atoms with van der Waals surface area (Å²) in [6.45, 7) is 1.10. The minimum absolute atomic E-state index is 0.159. The third-order valence-electron chi connectivity index (χ3n) is 2.94. The smallest absolute Gasteiger partial charge is 0.284 e. The maximum Gasteiger partial charge on any atom is 0.284 e. The Labute approximate surface area is 131 Å². The molecule has 22 heavy (non-hydrogen) atoms. The van der Waals surface area contributed by atoms with Gasteiger partial charge in [-0.2, -0.15) is 8.78 Å². The number of benzene rings is 1. The minimum atomic E-state index is -2.39. The summed E-state index contributed by atoms with van der Waals surface area (Å²) < 4.78 is 29.6. The van der Waals surface area contributed by atoms with Gasteiger partial charge in [0.2, 0.25) is 5.91 Å². The Hall–Kier alpha value is -1.86. The Morgan fingerprint density at radius 3 is 2.45 bits per heavy atom. The fourth-order valence-electron chi connectivity index (χ4n) is 1.86. The number of alkyl halides is 2. The lowest BCUT2D eigenvalue weighted by atomic mass is 10.1. The van der Waals surface area contributed by atoms with Gasteiger partial charge in [-0.15, -0.1) is 0 Å². The van der Waals surface area contributed by atoms with Gasteiger partial charge >= 0.3 is 0 Å². The zero-order valence-electron chi connectivity index (χ0n) is 11.7. The molecule has 2 aromatic rings. The van der Waals surface area contributed by atoms with E-state index in [-0.39, 0.29) is 5.75 Å².